The lowest BCUT2D eigenvalue weighted by molar-refractivity contribution is 0.377. The van der Waals surface area contributed by atoms with Gasteiger partial charge in [-0.2, -0.15) is 0 Å². The number of hydrogen-bond donors (Lipinski definition) is 1. The molecule has 112 valence electrons. The third-order valence-electron chi connectivity index (χ3n) is 3.37. The second kappa shape index (κ2) is 5.87. The molecule has 0 fully saturated rings. The minimum atomic E-state index is 0.442. The largest absolute Gasteiger partial charge is 0.496 e. The van der Waals surface area contributed by atoms with Crippen molar-refractivity contribution in [2.75, 3.05) is 27.1 Å². The van der Waals surface area contributed by atoms with Gasteiger partial charge in [0.1, 0.15) is 28.6 Å². The van der Waals surface area contributed by atoms with Gasteiger partial charge in [0.25, 0.3) is 0 Å². The number of hydrogen-bond acceptors (Lipinski definition) is 6. The van der Waals surface area contributed by atoms with Crippen molar-refractivity contribution in [3.63, 3.8) is 0 Å². The van der Waals surface area contributed by atoms with Crippen molar-refractivity contribution in [2.24, 2.45) is 0 Å². The quantitative estimate of drug-likeness (QED) is 0.930. The molecule has 1 aromatic heterocycles. The molecule has 0 aliphatic carbocycles. The normalized spacial score (nSPS) is 10.3. The Labute approximate surface area is 123 Å². The number of nitrogens with zero attached hydrogens (tertiary/aromatic N) is 2. The van der Waals surface area contributed by atoms with E-state index in [1.54, 1.807) is 33.5 Å². The molecule has 2 rings (SSSR count). The van der Waals surface area contributed by atoms with Gasteiger partial charge in [-0.1, -0.05) is 0 Å². The molecular weight excluding hydrogens is 270 g/mol. The number of aromatic nitrogens is 2. The molecule has 0 spiro atoms. The van der Waals surface area contributed by atoms with E-state index in [0.717, 1.165) is 11.3 Å². The van der Waals surface area contributed by atoms with E-state index in [9.17, 15) is 0 Å². The van der Waals surface area contributed by atoms with Gasteiger partial charge in [0.05, 0.1) is 21.3 Å². The Bertz CT molecular complexity index is 623. The van der Waals surface area contributed by atoms with Crippen LogP contribution in [0.1, 0.15) is 11.3 Å². The summed E-state index contributed by atoms with van der Waals surface area (Å²) in [5.74, 6) is 2.66. The Morgan fingerprint density at radius 3 is 1.90 bits per heavy atom. The maximum Gasteiger partial charge on any atom is 0.169 e. The summed E-state index contributed by atoms with van der Waals surface area (Å²) >= 11 is 0. The van der Waals surface area contributed by atoms with E-state index in [4.69, 9.17) is 19.9 Å². The zero-order valence-corrected chi connectivity index (χ0v) is 12.9. The molecule has 0 amide bonds. The van der Waals surface area contributed by atoms with E-state index in [-0.39, 0.29) is 0 Å². The fourth-order valence-electron chi connectivity index (χ4n) is 1.99. The van der Waals surface area contributed by atoms with Crippen molar-refractivity contribution in [1.82, 2.24) is 9.97 Å². The Morgan fingerprint density at radius 1 is 0.905 bits per heavy atom. The van der Waals surface area contributed by atoms with E-state index >= 15 is 0 Å². The topological polar surface area (TPSA) is 79.5 Å². The van der Waals surface area contributed by atoms with Gasteiger partial charge in [-0.25, -0.2) is 9.97 Å². The highest BCUT2D eigenvalue weighted by Crippen LogP contribution is 2.40. The molecule has 2 aromatic rings. The summed E-state index contributed by atoms with van der Waals surface area (Å²) in [6, 6.07) is 3.51. The summed E-state index contributed by atoms with van der Waals surface area (Å²) in [5, 5.41) is 0. The molecule has 2 N–H and O–H groups in total. The maximum absolute atomic E-state index is 5.94. The van der Waals surface area contributed by atoms with E-state index < -0.39 is 0 Å². The molecule has 0 atom stereocenters. The highest BCUT2D eigenvalue weighted by molar-refractivity contribution is 5.74. The fraction of sp³-hybridized carbons (Fsp3) is 0.333. The third kappa shape index (κ3) is 2.69. The Morgan fingerprint density at radius 2 is 1.48 bits per heavy atom. The first kappa shape index (κ1) is 14.9. The first-order valence-electron chi connectivity index (χ1n) is 6.42. The SMILES string of the molecule is COc1cc(OC)c(-c2nc(C)c(C)c(N)n2)c(OC)c1. The number of rotatable bonds is 4. The third-order valence-corrected chi connectivity index (χ3v) is 3.37. The number of aryl methyl sites for hydroxylation is 1. The van der Waals surface area contributed by atoms with Gasteiger partial charge in [0.15, 0.2) is 5.82 Å². The number of methoxy groups -OCH3 is 3. The summed E-state index contributed by atoms with van der Waals surface area (Å²) in [4.78, 5) is 8.83. The van der Waals surface area contributed by atoms with Gasteiger partial charge < -0.3 is 19.9 Å². The van der Waals surface area contributed by atoms with Crippen molar-refractivity contribution in [3.05, 3.63) is 23.4 Å². The van der Waals surface area contributed by atoms with Crippen molar-refractivity contribution in [2.45, 2.75) is 13.8 Å². The molecule has 21 heavy (non-hydrogen) atoms. The van der Waals surface area contributed by atoms with Crippen LogP contribution in [-0.4, -0.2) is 31.3 Å². The van der Waals surface area contributed by atoms with Crippen LogP contribution in [0.15, 0.2) is 12.1 Å². The predicted octanol–water partition coefficient (Wildman–Crippen LogP) is 2.37. The fourth-order valence-corrected chi connectivity index (χ4v) is 1.99. The summed E-state index contributed by atoms with van der Waals surface area (Å²) in [6.45, 7) is 3.77. The smallest absolute Gasteiger partial charge is 0.169 e. The molecule has 6 nitrogen and oxygen atoms in total. The minimum Gasteiger partial charge on any atom is -0.496 e. The molecule has 0 unspecified atom stereocenters. The van der Waals surface area contributed by atoms with Gasteiger partial charge in [-0.05, 0) is 13.8 Å². The lowest BCUT2D eigenvalue weighted by Gasteiger charge is -2.15. The monoisotopic (exact) mass is 289 g/mol. The summed E-state index contributed by atoms with van der Waals surface area (Å²) < 4.78 is 16.1. The summed E-state index contributed by atoms with van der Waals surface area (Å²) in [6.07, 6.45) is 0. The van der Waals surface area contributed by atoms with Gasteiger partial charge in [-0.3, -0.25) is 0 Å². The van der Waals surface area contributed by atoms with Gasteiger partial charge in [0.2, 0.25) is 0 Å². The van der Waals surface area contributed by atoms with Crippen LogP contribution in [-0.2, 0) is 0 Å². The number of benzene rings is 1. The molecule has 0 radical (unpaired) electrons. The van der Waals surface area contributed by atoms with Crippen LogP contribution in [0.5, 0.6) is 17.2 Å². The molecular formula is C15H19N3O3. The van der Waals surface area contributed by atoms with Crippen LogP contribution in [0.2, 0.25) is 0 Å². The molecule has 1 aromatic carbocycles. The summed E-state index contributed by atoms with van der Waals surface area (Å²) in [7, 11) is 4.72. The van der Waals surface area contributed by atoms with Crippen molar-refractivity contribution >= 4 is 5.82 Å². The molecule has 1 heterocycles. The Kier molecular flexibility index (Phi) is 4.16. The zero-order valence-electron chi connectivity index (χ0n) is 12.9. The lowest BCUT2D eigenvalue weighted by atomic mass is 10.1. The van der Waals surface area contributed by atoms with Crippen molar-refractivity contribution in [1.29, 1.82) is 0 Å². The predicted molar refractivity (Wildman–Crippen MR) is 81.0 cm³/mol. The van der Waals surface area contributed by atoms with Crippen LogP contribution in [0.3, 0.4) is 0 Å². The first-order chi connectivity index (χ1) is 10.0. The second-order valence-electron chi connectivity index (χ2n) is 4.55. The second-order valence-corrected chi connectivity index (χ2v) is 4.55. The van der Waals surface area contributed by atoms with Gasteiger partial charge >= 0.3 is 0 Å². The van der Waals surface area contributed by atoms with Crippen molar-refractivity contribution in [3.8, 4) is 28.6 Å². The van der Waals surface area contributed by atoms with Crippen LogP contribution in [0, 0.1) is 13.8 Å². The first-order valence-corrected chi connectivity index (χ1v) is 6.42. The highest BCUT2D eigenvalue weighted by Gasteiger charge is 2.19. The van der Waals surface area contributed by atoms with Gasteiger partial charge in [0, 0.05) is 23.4 Å². The molecule has 0 saturated heterocycles. The Hall–Kier alpha value is -2.50. The van der Waals surface area contributed by atoms with E-state index in [1.165, 1.54) is 0 Å². The van der Waals surface area contributed by atoms with Crippen LogP contribution in [0.4, 0.5) is 5.82 Å². The summed E-state index contributed by atoms with van der Waals surface area (Å²) in [5.41, 5.74) is 8.27. The Balaban J connectivity index is 2.73. The molecule has 0 aliphatic heterocycles. The van der Waals surface area contributed by atoms with Crippen LogP contribution in [0.25, 0.3) is 11.4 Å². The number of ether oxygens (including phenoxy) is 3. The zero-order chi connectivity index (χ0) is 15.6. The average molecular weight is 289 g/mol. The standard InChI is InChI=1S/C15H19N3O3/c1-8-9(2)17-15(18-14(8)16)13-11(20-4)6-10(19-3)7-12(13)21-5/h6-7H,1-5H3,(H2,16,17,18). The van der Waals surface area contributed by atoms with E-state index in [1.807, 2.05) is 13.8 Å². The number of anilines is 1. The number of nitrogens with two attached hydrogens (primary N) is 1. The molecule has 6 heteroatoms. The highest BCUT2D eigenvalue weighted by atomic mass is 16.5. The molecule has 0 aliphatic rings. The van der Waals surface area contributed by atoms with Gasteiger partial charge in [-0.15, -0.1) is 0 Å². The van der Waals surface area contributed by atoms with Crippen LogP contribution >= 0.6 is 0 Å². The lowest BCUT2D eigenvalue weighted by Crippen LogP contribution is -2.04. The minimum absolute atomic E-state index is 0.442. The maximum atomic E-state index is 5.94. The van der Waals surface area contributed by atoms with Crippen LogP contribution < -0.4 is 19.9 Å². The van der Waals surface area contributed by atoms with E-state index in [0.29, 0.717) is 34.5 Å². The molecule has 0 saturated carbocycles. The van der Waals surface area contributed by atoms with E-state index in [2.05, 4.69) is 9.97 Å². The van der Waals surface area contributed by atoms with Crippen molar-refractivity contribution < 1.29 is 14.2 Å². The average Bonchev–Trinajstić information content (AvgIpc) is 2.50. The molecule has 0 bridgehead atoms. The number of nitrogen functional groups attached to an aromatic ring is 1.